The van der Waals surface area contributed by atoms with Gasteiger partial charge >= 0.3 is 0 Å². The molecular formula is C27H32ClN5. The zero-order valence-electron chi connectivity index (χ0n) is 19.1. The van der Waals surface area contributed by atoms with Crippen molar-refractivity contribution in [1.29, 1.82) is 0 Å². The summed E-state index contributed by atoms with van der Waals surface area (Å²) in [6.07, 6.45) is 12.6. The summed E-state index contributed by atoms with van der Waals surface area (Å²) < 4.78 is 0. The van der Waals surface area contributed by atoms with Gasteiger partial charge < -0.3 is 4.90 Å². The maximum Gasteiger partial charge on any atom is 0.240 e. The number of rotatable bonds is 6. The molecule has 6 heteroatoms. The highest BCUT2D eigenvalue weighted by molar-refractivity contribution is 6.28. The average Bonchev–Trinajstić information content (AvgIpc) is 2.87. The third-order valence-electron chi connectivity index (χ3n) is 6.98. The number of aromatic nitrogens is 3. The van der Waals surface area contributed by atoms with Crippen LogP contribution >= 0.6 is 11.6 Å². The molecule has 3 aromatic rings. The van der Waals surface area contributed by atoms with Gasteiger partial charge in [-0.15, -0.1) is 0 Å². The van der Waals surface area contributed by atoms with Crippen LogP contribution in [0.4, 0.5) is 23.3 Å². The van der Waals surface area contributed by atoms with Crippen LogP contribution in [0.25, 0.3) is 0 Å². The third-order valence-corrected chi connectivity index (χ3v) is 7.15. The number of hydrogen-bond donors (Lipinski definition) is 0. The van der Waals surface area contributed by atoms with Crippen LogP contribution in [0.2, 0.25) is 5.28 Å². The van der Waals surface area contributed by atoms with Gasteiger partial charge in [0.2, 0.25) is 17.2 Å². The van der Waals surface area contributed by atoms with Crippen molar-refractivity contribution in [2.45, 2.75) is 76.3 Å². The van der Waals surface area contributed by atoms with E-state index in [1.54, 1.807) is 0 Å². The van der Waals surface area contributed by atoms with Gasteiger partial charge in [-0.3, -0.25) is 4.90 Å². The van der Waals surface area contributed by atoms with E-state index < -0.39 is 0 Å². The summed E-state index contributed by atoms with van der Waals surface area (Å²) in [4.78, 5) is 19.0. The smallest absolute Gasteiger partial charge is 0.240 e. The van der Waals surface area contributed by atoms with Crippen LogP contribution in [-0.2, 0) is 0 Å². The van der Waals surface area contributed by atoms with Crippen LogP contribution in [0.1, 0.15) is 64.2 Å². The van der Waals surface area contributed by atoms with E-state index in [4.69, 9.17) is 21.6 Å². The van der Waals surface area contributed by atoms with Crippen molar-refractivity contribution in [2.24, 2.45) is 0 Å². The van der Waals surface area contributed by atoms with Gasteiger partial charge in [0.15, 0.2) is 0 Å². The van der Waals surface area contributed by atoms with E-state index in [1.807, 2.05) is 36.4 Å². The van der Waals surface area contributed by atoms with Crippen molar-refractivity contribution in [2.75, 3.05) is 9.80 Å². The second kappa shape index (κ2) is 10.5. The third kappa shape index (κ3) is 5.14. The normalized spacial score (nSPS) is 17.6. The Morgan fingerprint density at radius 1 is 0.576 bits per heavy atom. The van der Waals surface area contributed by atoms with Crippen molar-refractivity contribution < 1.29 is 0 Å². The van der Waals surface area contributed by atoms with Gasteiger partial charge in [0.05, 0.1) is 0 Å². The predicted molar refractivity (Wildman–Crippen MR) is 136 cm³/mol. The van der Waals surface area contributed by atoms with Crippen molar-refractivity contribution >= 4 is 34.9 Å². The lowest BCUT2D eigenvalue weighted by Crippen LogP contribution is -2.46. The summed E-state index contributed by atoms with van der Waals surface area (Å²) in [5, 5.41) is 0.253. The van der Waals surface area contributed by atoms with Crippen LogP contribution in [0, 0.1) is 0 Å². The zero-order chi connectivity index (χ0) is 22.5. The van der Waals surface area contributed by atoms with E-state index in [9.17, 15) is 0 Å². The van der Waals surface area contributed by atoms with Gasteiger partial charge in [-0.25, -0.2) is 0 Å². The molecule has 1 aromatic heterocycles. The minimum atomic E-state index is 0.253. The first-order valence-corrected chi connectivity index (χ1v) is 12.8. The highest BCUT2D eigenvalue weighted by atomic mass is 35.5. The number of nitrogens with zero attached hydrogens (tertiary/aromatic N) is 5. The number of anilines is 4. The molecule has 0 saturated heterocycles. The summed E-state index contributed by atoms with van der Waals surface area (Å²) in [6.45, 7) is 0. The molecule has 1 heterocycles. The fourth-order valence-electron chi connectivity index (χ4n) is 5.42. The van der Waals surface area contributed by atoms with Crippen molar-refractivity contribution in [1.82, 2.24) is 15.0 Å². The van der Waals surface area contributed by atoms with Crippen LogP contribution in [0.15, 0.2) is 60.7 Å². The fourth-order valence-corrected chi connectivity index (χ4v) is 5.57. The highest BCUT2D eigenvalue weighted by Crippen LogP contribution is 2.36. The molecule has 2 saturated carbocycles. The fraction of sp³-hybridized carbons (Fsp3) is 0.444. The Morgan fingerprint density at radius 2 is 1.03 bits per heavy atom. The average molecular weight is 462 g/mol. The first-order valence-electron chi connectivity index (χ1n) is 12.4. The van der Waals surface area contributed by atoms with Crippen LogP contribution < -0.4 is 9.80 Å². The highest BCUT2D eigenvalue weighted by Gasteiger charge is 2.32. The molecule has 33 heavy (non-hydrogen) atoms. The molecule has 0 N–H and O–H groups in total. The van der Waals surface area contributed by atoms with Gasteiger partial charge in [-0.1, -0.05) is 74.9 Å². The molecular weight excluding hydrogens is 430 g/mol. The molecule has 2 aromatic carbocycles. The summed E-state index contributed by atoms with van der Waals surface area (Å²) in [7, 11) is 0. The monoisotopic (exact) mass is 461 g/mol. The second-order valence-electron chi connectivity index (χ2n) is 9.20. The number of halogens is 1. The van der Waals surface area contributed by atoms with Crippen LogP contribution in [0.5, 0.6) is 0 Å². The Hall–Kier alpha value is -2.66. The molecule has 0 unspecified atom stereocenters. The Bertz CT molecular complexity index is 960. The first-order chi connectivity index (χ1) is 16.3. The second-order valence-corrected chi connectivity index (χ2v) is 9.54. The topological polar surface area (TPSA) is 45.2 Å². The lowest BCUT2D eigenvalue weighted by molar-refractivity contribution is 0.335. The summed E-state index contributed by atoms with van der Waals surface area (Å²) in [6, 6.07) is 21.4. The molecule has 2 aliphatic rings. The molecule has 0 atom stereocenters. The maximum absolute atomic E-state index is 6.58. The van der Waals surface area contributed by atoms with E-state index in [0.717, 1.165) is 17.3 Å². The number of para-hydroxylation sites is 2. The van der Waals surface area contributed by atoms with E-state index in [0.29, 0.717) is 18.0 Å². The molecule has 172 valence electrons. The largest absolute Gasteiger partial charge is 0.335 e. The minimum absolute atomic E-state index is 0.253. The van der Waals surface area contributed by atoms with E-state index in [1.165, 1.54) is 64.2 Å². The van der Waals surface area contributed by atoms with Gasteiger partial charge in [-0.2, -0.15) is 15.0 Å². The molecule has 0 radical (unpaired) electrons. The summed E-state index contributed by atoms with van der Waals surface area (Å²) in [5.41, 5.74) is 2.00. The predicted octanol–water partition coefficient (Wildman–Crippen LogP) is 7.47. The molecule has 0 amide bonds. The van der Waals surface area contributed by atoms with Crippen molar-refractivity contribution in [3.8, 4) is 0 Å². The Balaban J connectivity index is 1.58. The molecule has 5 nitrogen and oxygen atoms in total. The lowest BCUT2D eigenvalue weighted by atomic mass is 9.89. The van der Waals surface area contributed by atoms with E-state index in [2.05, 4.69) is 39.0 Å². The van der Waals surface area contributed by atoms with Crippen LogP contribution in [-0.4, -0.2) is 27.0 Å². The molecule has 2 aliphatic carbocycles. The molecule has 0 aliphatic heterocycles. The van der Waals surface area contributed by atoms with E-state index in [-0.39, 0.29) is 5.28 Å². The van der Waals surface area contributed by atoms with Gasteiger partial charge in [0.1, 0.15) is 0 Å². The summed E-state index contributed by atoms with van der Waals surface area (Å²) in [5.74, 6) is 1.31. The number of hydrogen-bond acceptors (Lipinski definition) is 5. The minimum Gasteiger partial charge on any atom is -0.335 e. The van der Waals surface area contributed by atoms with Crippen LogP contribution in [0.3, 0.4) is 0 Å². The molecule has 0 bridgehead atoms. The Kier molecular flexibility index (Phi) is 7.06. The standard InChI is InChI=1S/C27H32ClN5/c28-25-29-26(32(21-13-5-1-6-14-21)22-15-7-2-8-16-22)31-27(30-25)33(23-17-9-3-10-18-23)24-19-11-4-12-20-24/h1-2,5-8,13-16,23-24H,3-4,9-12,17-20H2. The Morgan fingerprint density at radius 3 is 1.52 bits per heavy atom. The van der Waals surface area contributed by atoms with Crippen molar-refractivity contribution in [3.63, 3.8) is 0 Å². The molecule has 2 fully saturated rings. The number of benzene rings is 2. The first kappa shape index (κ1) is 22.1. The SMILES string of the molecule is Clc1nc(N(c2ccccc2)c2ccccc2)nc(N(C2CCCCC2)C2CCCCC2)n1. The lowest BCUT2D eigenvalue weighted by Gasteiger charge is -2.42. The molecule has 0 spiro atoms. The maximum atomic E-state index is 6.58. The van der Waals surface area contributed by atoms with E-state index >= 15 is 0 Å². The van der Waals surface area contributed by atoms with Gasteiger partial charge in [-0.05, 0) is 61.5 Å². The summed E-state index contributed by atoms with van der Waals surface area (Å²) >= 11 is 6.58. The van der Waals surface area contributed by atoms with Gasteiger partial charge in [0.25, 0.3) is 0 Å². The zero-order valence-corrected chi connectivity index (χ0v) is 19.9. The van der Waals surface area contributed by atoms with Gasteiger partial charge in [0, 0.05) is 23.5 Å². The quantitative estimate of drug-likeness (QED) is 0.381. The molecule has 5 rings (SSSR count). The van der Waals surface area contributed by atoms with Crippen molar-refractivity contribution in [3.05, 3.63) is 65.9 Å². The Labute approximate surface area is 201 Å².